The molecule has 2 aromatic rings. The van der Waals surface area contributed by atoms with Crippen molar-refractivity contribution in [3.63, 3.8) is 0 Å². The molecule has 0 radical (unpaired) electrons. The molecule has 0 saturated heterocycles. The Hall–Kier alpha value is -1.69. The highest BCUT2D eigenvalue weighted by atomic mass is 32.1. The SMILES string of the molecule is Cc1c(-c2cccc(C(F)(F)F)c2)[nH]c(C2CC2)nc1=S. The Balaban J connectivity index is 2.14. The minimum Gasteiger partial charge on any atom is -0.343 e. The van der Waals surface area contributed by atoms with Crippen LogP contribution in [0.15, 0.2) is 24.3 Å². The molecule has 6 heteroatoms. The van der Waals surface area contributed by atoms with Crippen molar-refractivity contribution in [3.8, 4) is 11.3 Å². The van der Waals surface area contributed by atoms with E-state index in [1.807, 2.05) is 0 Å². The lowest BCUT2D eigenvalue weighted by Crippen LogP contribution is -2.05. The molecule has 1 N–H and O–H groups in total. The van der Waals surface area contributed by atoms with Crippen LogP contribution in [0.1, 0.15) is 35.7 Å². The van der Waals surface area contributed by atoms with Gasteiger partial charge >= 0.3 is 6.18 Å². The van der Waals surface area contributed by atoms with Crippen LogP contribution >= 0.6 is 12.2 Å². The molecule has 3 rings (SSSR count). The molecule has 1 aromatic carbocycles. The highest BCUT2D eigenvalue weighted by molar-refractivity contribution is 7.71. The van der Waals surface area contributed by atoms with Gasteiger partial charge in [-0.05, 0) is 37.5 Å². The molecule has 1 fully saturated rings. The second-order valence-corrected chi connectivity index (χ2v) is 5.67. The number of rotatable bonds is 2. The van der Waals surface area contributed by atoms with Crippen LogP contribution in [0.5, 0.6) is 0 Å². The second-order valence-electron chi connectivity index (χ2n) is 5.28. The van der Waals surface area contributed by atoms with Crippen LogP contribution in [0.4, 0.5) is 13.2 Å². The molecule has 0 amide bonds. The van der Waals surface area contributed by atoms with E-state index in [4.69, 9.17) is 12.2 Å². The average Bonchev–Trinajstić information content (AvgIpc) is 3.25. The standard InChI is InChI=1S/C15H13F3N2S/c1-8-12(19-13(9-5-6-9)20-14(8)21)10-3-2-4-11(7-10)15(16,17)18/h2-4,7,9H,5-6H2,1H3,(H,19,20,21). The van der Waals surface area contributed by atoms with Gasteiger partial charge in [0.1, 0.15) is 10.5 Å². The molecule has 2 nitrogen and oxygen atoms in total. The van der Waals surface area contributed by atoms with Crippen LogP contribution in [0, 0.1) is 11.6 Å². The molecule has 0 bridgehead atoms. The number of hydrogen-bond acceptors (Lipinski definition) is 2. The molecule has 1 heterocycles. The number of aromatic nitrogens is 2. The number of nitrogens with one attached hydrogen (secondary N) is 1. The Morgan fingerprint density at radius 2 is 2.00 bits per heavy atom. The van der Waals surface area contributed by atoms with Crippen LogP contribution in [-0.2, 0) is 6.18 Å². The maximum absolute atomic E-state index is 12.8. The van der Waals surface area contributed by atoms with E-state index in [0.717, 1.165) is 30.8 Å². The van der Waals surface area contributed by atoms with Crippen molar-refractivity contribution >= 4 is 12.2 Å². The first kappa shape index (κ1) is 14.3. The van der Waals surface area contributed by atoms with E-state index >= 15 is 0 Å². The molecule has 110 valence electrons. The highest BCUT2D eigenvalue weighted by Crippen LogP contribution is 2.39. The molecule has 1 aliphatic rings. The molecule has 0 spiro atoms. The predicted octanol–water partition coefficient (Wildman–Crippen LogP) is 5.01. The number of benzene rings is 1. The summed E-state index contributed by atoms with van der Waals surface area (Å²) in [5, 5.41) is 0. The fourth-order valence-electron chi connectivity index (χ4n) is 2.24. The van der Waals surface area contributed by atoms with Gasteiger partial charge < -0.3 is 4.98 Å². The zero-order valence-electron chi connectivity index (χ0n) is 11.3. The predicted molar refractivity (Wildman–Crippen MR) is 76.6 cm³/mol. The fraction of sp³-hybridized carbons (Fsp3) is 0.333. The van der Waals surface area contributed by atoms with Gasteiger partial charge in [0.05, 0.1) is 11.3 Å². The molecular formula is C15H13F3N2S. The summed E-state index contributed by atoms with van der Waals surface area (Å²) in [6, 6.07) is 5.27. The van der Waals surface area contributed by atoms with Gasteiger partial charge in [0.15, 0.2) is 0 Å². The lowest BCUT2D eigenvalue weighted by Gasteiger charge is -2.12. The van der Waals surface area contributed by atoms with Crippen LogP contribution in [0.25, 0.3) is 11.3 Å². The van der Waals surface area contributed by atoms with Crippen molar-refractivity contribution in [3.05, 3.63) is 45.9 Å². The Morgan fingerprint density at radius 1 is 1.29 bits per heavy atom. The van der Waals surface area contributed by atoms with Crippen molar-refractivity contribution in [2.45, 2.75) is 31.9 Å². The topological polar surface area (TPSA) is 28.7 Å². The Kier molecular flexibility index (Phi) is 3.36. The van der Waals surface area contributed by atoms with Crippen LogP contribution < -0.4 is 0 Å². The van der Waals surface area contributed by atoms with E-state index in [-0.39, 0.29) is 0 Å². The second kappa shape index (κ2) is 4.94. The molecule has 1 aromatic heterocycles. The van der Waals surface area contributed by atoms with Gasteiger partial charge in [-0.1, -0.05) is 24.4 Å². The monoisotopic (exact) mass is 310 g/mol. The maximum Gasteiger partial charge on any atom is 0.416 e. The zero-order valence-corrected chi connectivity index (χ0v) is 12.1. The van der Waals surface area contributed by atoms with Gasteiger partial charge in [0.2, 0.25) is 0 Å². The smallest absolute Gasteiger partial charge is 0.343 e. The summed E-state index contributed by atoms with van der Waals surface area (Å²) in [5.41, 5.74) is 1.15. The summed E-state index contributed by atoms with van der Waals surface area (Å²) in [7, 11) is 0. The van der Waals surface area contributed by atoms with E-state index < -0.39 is 11.7 Å². The quantitative estimate of drug-likeness (QED) is 0.790. The van der Waals surface area contributed by atoms with E-state index in [9.17, 15) is 13.2 Å². The van der Waals surface area contributed by atoms with Crippen molar-refractivity contribution in [1.29, 1.82) is 0 Å². The van der Waals surface area contributed by atoms with Crippen molar-refractivity contribution in [2.24, 2.45) is 0 Å². The maximum atomic E-state index is 12.8. The van der Waals surface area contributed by atoms with Gasteiger partial charge in [-0.3, -0.25) is 0 Å². The molecule has 0 aliphatic heterocycles. The molecule has 1 saturated carbocycles. The zero-order chi connectivity index (χ0) is 15.2. The molecule has 0 atom stereocenters. The van der Waals surface area contributed by atoms with Crippen LogP contribution in [0.2, 0.25) is 0 Å². The first-order valence-electron chi connectivity index (χ1n) is 6.64. The summed E-state index contributed by atoms with van der Waals surface area (Å²) in [4.78, 5) is 7.49. The molecule has 0 unspecified atom stereocenters. The number of H-pyrrole nitrogens is 1. The number of halogens is 3. The first-order chi connectivity index (χ1) is 9.86. The van der Waals surface area contributed by atoms with E-state index in [1.54, 1.807) is 13.0 Å². The summed E-state index contributed by atoms with van der Waals surface area (Å²) < 4.78 is 39.0. The number of aromatic amines is 1. The average molecular weight is 310 g/mol. The van der Waals surface area contributed by atoms with Crippen LogP contribution in [0.3, 0.4) is 0 Å². The first-order valence-corrected chi connectivity index (χ1v) is 7.05. The van der Waals surface area contributed by atoms with Crippen LogP contribution in [-0.4, -0.2) is 9.97 Å². The summed E-state index contributed by atoms with van der Waals surface area (Å²) >= 11 is 5.23. The van der Waals surface area contributed by atoms with Gasteiger partial charge in [-0.25, -0.2) is 4.98 Å². The van der Waals surface area contributed by atoms with E-state index in [2.05, 4.69) is 9.97 Å². The van der Waals surface area contributed by atoms with Gasteiger partial charge in [0.25, 0.3) is 0 Å². The highest BCUT2D eigenvalue weighted by Gasteiger charge is 2.31. The molecule has 21 heavy (non-hydrogen) atoms. The normalized spacial score (nSPS) is 15.2. The van der Waals surface area contributed by atoms with Gasteiger partial charge in [-0.2, -0.15) is 13.2 Å². The Bertz CT molecular complexity index is 745. The minimum absolute atomic E-state index is 0.358. The van der Waals surface area contributed by atoms with Crippen molar-refractivity contribution < 1.29 is 13.2 Å². The van der Waals surface area contributed by atoms with E-state index in [1.165, 1.54) is 6.07 Å². The third kappa shape index (κ3) is 2.85. The fourth-order valence-corrected chi connectivity index (χ4v) is 2.44. The third-order valence-electron chi connectivity index (χ3n) is 3.61. The third-order valence-corrected chi connectivity index (χ3v) is 4.01. The lowest BCUT2D eigenvalue weighted by molar-refractivity contribution is -0.137. The summed E-state index contributed by atoms with van der Waals surface area (Å²) in [6.07, 6.45) is -2.26. The van der Waals surface area contributed by atoms with E-state index in [0.29, 0.717) is 27.4 Å². The van der Waals surface area contributed by atoms with Gasteiger partial charge in [0, 0.05) is 11.5 Å². The lowest BCUT2D eigenvalue weighted by atomic mass is 10.0. The van der Waals surface area contributed by atoms with Crippen molar-refractivity contribution in [1.82, 2.24) is 9.97 Å². The summed E-state index contributed by atoms with van der Waals surface area (Å²) in [5.74, 6) is 1.13. The summed E-state index contributed by atoms with van der Waals surface area (Å²) in [6.45, 7) is 1.78. The van der Waals surface area contributed by atoms with Crippen molar-refractivity contribution in [2.75, 3.05) is 0 Å². The number of alkyl halides is 3. The van der Waals surface area contributed by atoms with Gasteiger partial charge in [-0.15, -0.1) is 0 Å². The number of hydrogen-bond donors (Lipinski definition) is 1. The molecule has 1 aliphatic carbocycles. The minimum atomic E-state index is -4.35. The number of nitrogens with zero attached hydrogens (tertiary/aromatic N) is 1. The Morgan fingerprint density at radius 3 is 2.62 bits per heavy atom. The molecular weight excluding hydrogens is 297 g/mol. The Labute approximate surface area is 125 Å². The largest absolute Gasteiger partial charge is 0.416 e.